The van der Waals surface area contributed by atoms with Gasteiger partial charge in [-0.2, -0.15) is 0 Å². The number of methoxy groups -OCH3 is 1. The fraction of sp³-hybridized carbons (Fsp3) is 0.607. The SMILES string of the molecule is COc1cc(CCCCC(F)C2CCN(C(C(=O)O)c3cccnc3C3CC3)C2)nc2c1CCCN2. The molecule has 0 radical (unpaired) electrons. The summed E-state index contributed by atoms with van der Waals surface area (Å²) in [6.07, 6.45) is 8.64. The van der Waals surface area contributed by atoms with Gasteiger partial charge in [-0.1, -0.05) is 12.5 Å². The van der Waals surface area contributed by atoms with Gasteiger partial charge in [-0.15, -0.1) is 0 Å². The molecular weight excluding hydrogens is 459 g/mol. The van der Waals surface area contributed by atoms with Gasteiger partial charge < -0.3 is 15.2 Å². The lowest BCUT2D eigenvalue weighted by Gasteiger charge is -2.26. The molecule has 3 atom stereocenters. The van der Waals surface area contributed by atoms with Crippen molar-refractivity contribution in [2.75, 3.05) is 32.1 Å². The van der Waals surface area contributed by atoms with E-state index in [1.807, 2.05) is 23.1 Å². The highest BCUT2D eigenvalue weighted by Gasteiger charge is 2.39. The van der Waals surface area contributed by atoms with Gasteiger partial charge >= 0.3 is 5.97 Å². The van der Waals surface area contributed by atoms with E-state index in [0.29, 0.717) is 31.8 Å². The van der Waals surface area contributed by atoms with Crippen molar-refractivity contribution < 1.29 is 19.0 Å². The maximum atomic E-state index is 15.2. The molecule has 8 heteroatoms. The number of unbranched alkanes of at least 4 members (excludes halogenated alkanes) is 1. The Morgan fingerprint density at radius 2 is 2.19 bits per heavy atom. The van der Waals surface area contributed by atoms with Crippen LogP contribution in [-0.4, -0.2) is 58.9 Å². The minimum atomic E-state index is -0.922. The predicted octanol–water partition coefficient (Wildman–Crippen LogP) is 4.92. The van der Waals surface area contributed by atoms with E-state index in [-0.39, 0.29) is 5.92 Å². The Hall–Kier alpha value is -2.74. The van der Waals surface area contributed by atoms with E-state index in [1.165, 1.54) is 0 Å². The first-order chi connectivity index (χ1) is 17.5. The van der Waals surface area contributed by atoms with Crippen LogP contribution in [0.2, 0.25) is 0 Å². The minimum absolute atomic E-state index is 0.126. The van der Waals surface area contributed by atoms with Crippen molar-refractivity contribution in [2.45, 2.75) is 75.9 Å². The third-order valence-electron chi connectivity index (χ3n) is 7.91. The molecule has 36 heavy (non-hydrogen) atoms. The summed E-state index contributed by atoms with van der Waals surface area (Å²) in [6, 6.07) is 4.98. The lowest BCUT2D eigenvalue weighted by molar-refractivity contribution is -0.143. The topological polar surface area (TPSA) is 87.6 Å². The van der Waals surface area contributed by atoms with Crippen LogP contribution in [0.1, 0.15) is 79.4 Å². The predicted molar refractivity (Wildman–Crippen MR) is 136 cm³/mol. The molecule has 2 aliphatic heterocycles. The number of aliphatic carboxylic acids is 1. The zero-order valence-corrected chi connectivity index (χ0v) is 21.1. The molecule has 4 heterocycles. The Morgan fingerprint density at radius 1 is 1.33 bits per heavy atom. The first-order valence-corrected chi connectivity index (χ1v) is 13.4. The van der Waals surface area contributed by atoms with Gasteiger partial charge in [0.2, 0.25) is 0 Å². The fourth-order valence-corrected chi connectivity index (χ4v) is 5.84. The van der Waals surface area contributed by atoms with Gasteiger partial charge in [0, 0.05) is 59.7 Å². The number of halogens is 1. The number of nitrogens with zero attached hydrogens (tertiary/aromatic N) is 3. The van der Waals surface area contributed by atoms with E-state index in [1.54, 1.807) is 13.3 Å². The molecule has 2 fully saturated rings. The van der Waals surface area contributed by atoms with Crippen molar-refractivity contribution in [3.05, 3.63) is 46.9 Å². The van der Waals surface area contributed by atoms with Crippen LogP contribution in [0, 0.1) is 5.92 Å². The minimum Gasteiger partial charge on any atom is -0.496 e. The maximum absolute atomic E-state index is 15.2. The van der Waals surface area contributed by atoms with Crippen LogP contribution in [0.4, 0.5) is 10.2 Å². The number of carboxylic acids is 1. The van der Waals surface area contributed by atoms with Crippen LogP contribution in [0.3, 0.4) is 0 Å². The lowest BCUT2D eigenvalue weighted by atomic mass is 9.97. The van der Waals surface area contributed by atoms with Crippen molar-refractivity contribution >= 4 is 11.8 Å². The molecule has 1 aliphatic carbocycles. The normalized spacial score (nSPS) is 21.4. The van der Waals surface area contributed by atoms with Gasteiger partial charge in [-0.25, -0.2) is 9.37 Å². The third-order valence-corrected chi connectivity index (χ3v) is 7.91. The van der Waals surface area contributed by atoms with Crippen molar-refractivity contribution in [3.63, 3.8) is 0 Å². The molecular formula is C28H37FN4O3. The van der Waals surface area contributed by atoms with E-state index in [9.17, 15) is 9.90 Å². The molecule has 2 aromatic heterocycles. The zero-order valence-electron chi connectivity index (χ0n) is 21.1. The van der Waals surface area contributed by atoms with E-state index < -0.39 is 18.2 Å². The fourth-order valence-electron chi connectivity index (χ4n) is 5.84. The van der Waals surface area contributed by atoms with E-state index in [4.69, 9.17) is 9.72 Å². The molecule has 1 saturated carbocycles. The number of anilines is 1. The second-order valence-corrected chi connectivity index (χ2v) is 10.5. The summed E-state index contributed by atoms with van der Waals surface area (Å²) < 4.78 is 20.8. The number of likely N-dealkylation sites (tertiary alicyclic amines) is 1. The van der Waals surface area contributed by atoms with Crippen molar-refractivity contribution in [1.29, 1.82) is 0 Å². The number of pyridine rings is 2. The summed E-state index contributed by atoms with van der Waals surface area (Å²) in [7, 11) is 1.70. The van der Waals surface area contributed by atoms with E-state index >= 15 is 4.39 Å². The molecule has 3 unspecified atom stereocenters. The number of ether oxygens (including phenoxy) is 1. The van der Waals surface area contributed by atoms with E-state index in [0.717, 1.165) is 85.6 Å². The summed E-state index contributed by atoms with van der Waals surface area (Å²) in [4.78, 5) is 23.5. The molecule has 2 N–H and O–H groups in total. The highest BCUT2D eigenvalue weighted by atomic mass is 19.1. The number of carboxylic acid groups (broad SMARTS) is 1. The largest absolute Gasteiger partial charge is 0.496 e. The highest BCUT2D eigenvalue weighted by Crippen LogP contribution is 2.43. The van der Waals surface area contributed by atoms with Crippen molar-refractivity contribution in [1.82, 2.24) is 14.9 Å². The first kappa shape index (κ1) is 24.9. The Bertz CT molecular complexity index is 1060. The van der Waals surface area contributed by atoms with Crippen LogP contribution < -0.4 is 10.1 Å². The smallest absolute Gasteiger partial charge is 0.325 e. The van der Waals surface area contributed by atoms with Crippen LogP contribution in [0.25, 0.3) is 0 Å². The van der Waals surface area contributed by atoms with Crippen LogP contribution in [0.15, 0.2) is 24.4 Å². The summed E-state index contributed by atoms with van der Waals surface area (Å²) in [5.74, 6) is 1.19. The Kier molecular flexibility index (Phi) is 7.70. The lowest BCUT2D eigenvalue weighted by Crippen LogP contribution is -2.34. The number of aryl methyl sites for hydroxylation is 1. The average molecular weight is 497 g/mol. The van der Waals surface area contributed by atoms with E-state index in [2.05, 4.69) is 10.3 Å². The monoisotopic (exact) mass is 496 g/mol. The molecule has 0 bridgehead atoms. The molecule has 194 valence electrons. The Labute approximate surface area is 212 Å². The second kappa shape index (κ2) is 11.1. The summed E-state index contributed by atoms with van der Waals surface area (Å²) in [6.45, 7) is 2.01. The van der Waals surface area contributed by atoms with Gasteiger partial charge in [-0.05, 0) is 64.0 Å². The average Bonchev–Trinajstić information content (AvgIpc) is 3.63. The van der Waals surface area contributed by atoms with Crippen molar-refractivity contribution in [3.8, 4) is 5.75 Å². The molecule has 1 saturated heterocycles. The van der Waals surface area contributed by atoms with Gasteiger partial charge in [-0.3, -0.25) is 14.7 Å². The summed E-state index contributed by atoms with van der Waals surface area (Å²) >= 11 is 0. The summed E-state index contributed by atoms with van der Waals surface area (Å²) in [5, 5.41) is 13.4. The number of hydrogen-bond donors (Lipinski definition) is 2. The second-order valence-electron chi connectivity index (χ2n) is 10.5. The van der Waals surface area contributed by atoms with Gasteiger partial charge in [0.15, 0.2) is 0 Å². The number of aromatic nitrogens is 2. The van der Waals surface area contributed by atoms with Gasteiger partial charge in [0.05, 0.1) is 7.11 Å². The van der Waals surface area contributed by atoms with Crippen LogP contribution in [-0.2, 0) is 17.6 Å². The number of alkyl halides is 1. The Morgan fingerprint density at radius 3 is 2.97 bits per heavy atom. The van der Waals surface area contributed by atoms with Crippen LogP contribution >= 0.6 is 0 Å². The zero-order chi connectivity index (χ0) is 25.1. The number of carbonyl (C=O) groups is 1. The number of nitrogens with one attached hydrogen (secondary N) is 1. The van der Waals surface area contributed by atoms with Crippen molar-refractivity contribution in [2.24, 2.45) is 5.92 Å². The Balaban J connectivity index is 1.13. The standard InChI is InChI=1S/C28H37FN4O3/c1-36-24-16-20(32-27-21(24)7-4-14-31-27)6-2-3-9-23(29)19-12-15-33(17-19)26(28(34)35)22-8-5-13-30-25(22)18-10-11-18/h5,8,13,16,18-19,23,26H,2-4,6-7,9-12,14-15,17H2,1H3,(H,31,32)(H,34,35). The molecule has 0 amide bonds. The molecule has 0 aromatic carbocycles. The molecule has 5 rings (SSSR count). The first-order valence-electron chi connectivity index (χ1n) is 13.4. The molecule has 7 nitrogen and oxygen atoms in total. The number of fused-ring (bicyclic) bond motifs is 1. The highest BCUT2D eigenvalue weighted by molar-refractivity contribution is 5.76. The van der Waals surface area contributed by atoms with Gasteiger partial charge in [0.1, 0.15) is 23.8 Å². The quantitative estimate of drug-likeness (QED) is 0.427. The summed E-state index contributed by atoms with van der Waals surface area (Å²) in [5.41, 5.74) is 3.82. The number of hydrogen-bond acceptors (Lipinski definition) is 6. The molecule has 3 aliphatic rings. The number of rotatable bonds is 11. The third kappa shape index (κ3) is 5.48. The van der Waals surface area contributed by atoms with Crippen LogP contribution in [0.5, 0.6) is 5.75 Å². The molecule has 2 aromatic rings. The van der Waals surface area contributed by atoms with Gasteiger partial charge in [0.25, 0.3) is 0 Å². The molecule has 0 spiro atoms. The maximum Gasteiger partial charge on any atom is 0.325 e.